The number of rotatable bonds is 3. The highest BCUT2D eigenvalue weighted by molar-refractivity contribution is 9.10. The number of carbonyl (C=O) groups excluding carboxylic acids is 1. The molecule has 0 saturated heterocycles. The van der Waals surface area contributed by atoms with Crippen LogP contribution in [0, 0.1) is 0 Å². The molecule has 6 nitrogen and oxygen atoms in total. The summed E-state index contributed by atoms with van der Waals surface area (Å²) in [4.78, 5) is 11.8. The second kappa shape index (κ2) is 6.23. The molecule has 2 aromatic rings. The number of aromatic nitrogens is 3. The summed E-state index contributed by atoms with van der Waals surface area (Å²) in [7, 11) is 1.66. The molecule has 8 heteroatoms. The summed E-state index contributed by atoms with van der Waals surface area (Å²) in [5.74, 6) is 0.418. The minimum atomic E-state index is -0.608. The Morgan fingerprint density at radius 3 is 2.80 bits per heavy atom. The Balaban J connectivity index is 2.04. The fourth-order valence-corrected chi connectivity index (χ4v) is 2.34. The highest BCUT2D eigenvalue weighted by Gasteiger charge is 2.17. The van der Waals surface area contributed by atoms with Crippen molar-refractivity contribution in [3.63, 3.8) is 0 Å². The van der Waals surface area contributed by atoms with Crippen LogP contribution in [-0.4, -0.2) is 21.1 Å². The summed E-state index contributed by atoms with van der Waals surface area (Å²) in [6.07, 6.45) is -1.08. The Labute approximate surface area is 129 Å². The molecule has 0 bridgehead atoms. The first-order chi connectivity index (χ1) is 9.49. The molecule has 2 rings (SSSR count). The van der Waals surface area contributed by atoms with E-state index in [1.54, 1.807) is 20.0 Å². The van der Waals surface area contributed by atoms with Crippen molar-refractivity contribution in [3.05, 3.63) is 39.5 Å². The number of hydrogen-bond donors (Lipinski definition) is 1. The molecule has 1 heterocycles. The zero-order valence-electron chi connectivity index (χ0n) is 10.8. The lowest BCUT2D eigenvalue weighted by Crippen LogP contribution is -2.18. The topological polar surface area (TPSA) is 69.0 Å². The molecule has 0 spiro atoms. The Kier molecular flexibility index (Phi) is 4.61. The molecule has 1 aromatic carbocycles. The zero-order valence-corrected chi connectivity index (χ0v) is 13.1. The van der Waals surface area contributed by atoms with E-state index in [1.165, 1.54) is 4.68 Å². The van der Waals surface area contributed by atoms with Crippen molar-refractivity contribution in [3.8, 4) is 0 Å². The lowest BCUT2D eigenvalue weighted by molar-refractivity contribution is 0.121. The molecule has 106 valence electrons. The van der Waals surface area contributed by atoms with Crippen molar-refractivity contribution < 1.29 is 9.53 Å². The predicted octanol–water partition coefficient (Wildman–Crippen LogP) is 3.54. The largest absolute Gasteiger partial charge is 0.441 e. The number of amides is 1. The Bertz CT molecular complexity index is 612. The second-order valence-electron chi connectivity index (χ2n) is 4.05. The van der Waals surface area contributed by atoms with Gasteiger partial charge in [0.05, 0.1) is 0 Å². The van der Waals surface area contributed by atoms with Gasteiger partial charge in [0.1, 0.15) is 6.10 Å². The summed E-state index contributed by atoms with van der Waals surface area (Å²) in [5, 5.41) is 10.6. The molecule has 1 aromatic heterocycles. The van der Waals surface area contributed by atoms with Gasteiger partial charge in [0.25, 0.3) is 0 Å². The first kappa shape index (κ1) is 14.8. The van der Waals surface area contributed by atoms with Gasteiger partial charge in [0.2, 0.25) is 0 Å². The Morgan fingerprint density at radius 2 is 2.20 bits per heavy atom. The van der Waals surface area contributed by atoms with Crippen molar-refractivity contribution in [1.29, 1.82) is 0 Å². The predicted molar refractivity (Wildman–Crippen MR) is 78.7 cm³/mol. The Hall–Kier alpha value is -1.60. The maximum absolute atomic E-state index is 11.8. The van der Waals surface area contributed by atoms with Crippen molar-refractivity contribution in [2.75, 3.05) is 5.32 Å². The van der Waals surface area contributed by atoms with Crippen molar-refractivity contribution in [2.24, 2.45) is 7.05 Å². The van der Waals surface area contributed by atoms with Gasteiger partial charge in [-0.15, -0.1) is 5.10 Å². The van der Waals surface area contributed by atoms with E-state index >= 15 is 0 Å². The number of carbonyl (C=O) groups is 1. The number of hydrogen-bond acceptors (Lipinski definition) is 4. The molecule has 0 aliphatic rings. The van der Waals surface area contributed by atoms with Gasteiger partial charge in [-0.05, 0) is 28.9 Å². The van der Waals surface area contributed by atoms with Gasteiger partial charge in [-0.2, -0.15) is 0 Å². The Morgan fingerprint density at radius 1 is 1.50 bits per heavy atom. The number of halogens is 2. The van der Waals surface area contributed by atoms with Crippen LogP contribution in [0.5, 0.6) is 0 Å². The van der Waals surface area contributed by atoms with Gasteiger partial charge in [-0.1, -0.05) is 35.0 Å². The molecular formula is C12H12BrClN4O2. The molecule has 1 atom stereocenters. The number of ether oxygens (including phenoxy) is 1. The fourth-order valence-electron chi connectivity index (χ4n) is 1.62. The number of aryl methyl sites for hydroxylation is 1. The lowest BCUT2D eigenvalue weighted by atomic mass is 10.1. The molecule has 0 aliphatic heterocycles. The van der Waals surface area contributed by atoms with E-state index in [0.717, 1.165) is 5.56 Å². The molecule has 0 fully saturated rings. The van der Waals surface area contributed by atoms with E-state index in [1.807, 2.05) is 18.2 Å². The standard InChI is InChI=1S/C12H12BrClN4O2/c1-7(8-5-3-4-6-9(8)14)20-12(19)15-11-10(13)16-17-18(11)2/h3-7H,1-2H3,(H,15,19)/t7-/m1/s1. The van der Waals surface area contributed by atoms with Crippen LogP contribution < -0.4 is 5.32 Å². The molecule has 0 saturated carbocycles. The average molecular weight is 360 g/mol. The molecule has 1 N–H and O–H groups in total. The van der Waals surface area contributed by atoms with Gasteiger partial charge in [0.15, 0.2) is 10.4 Å². The molecule has 1 amide bonds. The van der Waals surface area contributed by atoms with Crippen LogP contribution in [0.25, 0.3) is 0 Å². The minimum absolute atomic E-state index is 0.418. The van der Waals surface area contributed by atoms with E-state index in [-0.39, 0.29) is 0 Å². The van der Waals surface area contributed by atoms with Gasteiger partial charge >= 0.3 is 6.09 Å². The smallest absolute Gasteiger partial charge is 0.413 e. The molecule has 0 radical (unpaired) electrons. The van der Waals surface area contributed by atoms with E-state index in [0.29, 0.717) is 15.4 Å². The molecule has 0 aliphatic carbocycles. The number of anilines is 1. The fraction of sp³-hybridized carbons (Fsp3) is 0.250. The van der Waals surface area contributed by atoms with Crippen molar-refractivity contribution >= 4 is 39.4 Å². The third kappa shape index (κ3) is 3.29. The van der Waals surface area contributed by atoms with Gasteiger partial charge in [-0.3, -0.25) is 5.32 Å². The summed E-state index contributed by atoms with van der Waals surface area (Å²) in [6.45, 7) is 1.75. The first-order valence-electron chi connectivity index (χ1n) is 5.76. The lowest BCUT2D eigenvalue weighted by Gasteiger charge is -2.15. The van der Waals surface area contributed by atoms with Crippen LogP contribution in [0.2, 0.25) is 5.02 Å². The SMILES string of the molecule is C[C@@H](OC(=O)Nc1c(Br)nnn1C)c1ccccc1Cl. The van der Waals surface area contributed by atoms with Gasteiger partial charge < -0.3 is 4.74 Å². The monoisotopic (exact) mass is 358 g/mol. The van der Waals surface area contributed by atoms with Crippen LogP contribution in [0.3, 0.4) is 0 Å². The highest BCUT2D eigenvalue weighted by atomic mass is 79.9. The highest BCUT2D eigenvalue weighted by Crippen LogP contribution is 2.25. The summed E-state index contributed by atoms with van der Waals surface area (Å²) < 4.78 is 7.13. The molecular weight excluding hydrogens is 348 g/mol. The van der Waals surface area contributed by atoms with E-state index in [4.69, 9.17) is 16.3 Å². The minimum Gasteiger partial charge on any atom is -0.441 e. The van der Waals surface area contributed by atoms with Crippen LogP contribution in [0.1, 0.15) is 18.6 Å². The number of benzene rings is 1. The zero-order chi connectivity index (χ0) is 14.7. The van der Waals surface area contributed by atoms with Crippen molar-refractivity contribution in [2.45, 2.75) is 13.0 Å². The quantitative estimate of drug-likeness (QED) is 0.910. The van der Waals surface area contributed by atoms with Crippen LogP contribution in [-0.2, 0) is 11.8 Å². The number of nitrogens with one attached hydrogen (secondary N) is 1. The van der Waals surface area contributed by atoms with Crippen LogP contribution >= 0.6 is 27.5 Å². The second-order valence-corrected chi connectivity index (χ2v) is 5.20. The van der Waals surface area contributed by atoms with Gasteiger partial charge in [-0.25, -0.2) is 9.48 Å². The normalized spacial score (nSPS) is 12.0. The average Bonchev–Trinajstić information content (AvgIpc) is 2.71. The van der Waals surface area contributed by atoms with Crippen LogP contribution in [0.15, 0.2) is 28.9 Å². The van der Waals surface area contributed by atoms with Crippen LogP contribution in [0.4, 0.5) is 10.6 Å². The first-order valence-corrected chi connectivity index (χ1v) is 6.93. The summed E-state index contributed by atoms with van der Waals surface area (Å²) in [5.41, 5.74) is 0.742. The number of nitrogens with zero attached hydrogens (tertiary/aromatic N) is 3. The van der Waals surface area contributed by atoms with E-state index in [2.05, 4.69) is 31.6 Å². The third-order valence-electron chi connectivity index (χ3n) is 2.63. The maximum Gasteiger partial charge on any atom is 0.413 e. The van der Waals surface area contributed by atoms with E-state index < -0.39 is 12.2 Å². The molecule has 20 heavy (non-hydrogen) atoms. The third-order valence-corrected chi connectivity index (χ3v) is 3.51. The van der Waals surface area contributed by atoms with Gasteiger partial charge in [0, 0.05) is 17.6 Å². The summed E-state index contributed by atoms with van der Waals surface area (Å²) >= 11 is 9.23. The molecule has 0 unspecified atom stereocenters. The summed E-state index contributed by atoms with van der Waals surface area (Å²) in [6, 6.07) is 7.20. The van der Waals surface area contributed by atoms with Crippen molar-refractivity contribution in [1.82, 2.24) is 15.0 Å². The maximum atomic E-state index is 11.8. The van der Waals surface area contributed by atoms with E-state index in [9.17, 15) is 4.79 Å².